The van der Waals surface area contributed by atoms with E-state index < -0.39 is 11.2 Å². The Morgan fingerprint density at radius 1 is 1.13 bits per heavy atom. The molecule has 1 saturated heterocycles. The summed E-state index contributed by atoms with van der Waals surface area (Å²) in [7, 11) is 0. The predicted molar refractivity (Wildman–Crippen MR) is 120 cm³/mol. The Kier molecular flexibility index (Phi) is 5.50. The van der Waals surface area contributed by atoms with Crippen LogP contribution >= 0.6 is 11.6 Å². The maximum Gasteiger partial charge on any atom is 0.266 e. The van der Waals surface area contributed by atoms with Gasteiger partial charge in [0.25, 0.3) is 5.91 Å². The number of hydrogen-bond donors (Lipinski definition) is 0. The molecular formula is C25H28ClNO4. The van der Waals surface area contributed by atoms with E-state index in [0.29, 0.717) is 54.4 Å². The first kappa shape index (κ1) is 21.7. The highest BCUT2D eigenvalue weighted by Crippen LogP contribution is 2.41. The van der Waals surface area contributed by atoms with Crippen LogP contribution in [0.2, 0.25) is 5.02 Å². The minimum Gasteiger partial charge on any atom is -0.486 e. The molecule has 0 bridgehead atoms. The van der Waals surface area contributed by atoms with Gasteiger partial charge in [-0.3, -0.25) is 9.59 Å². The van der Waals surface area contributed by atoms with Crippen LogP contribution in [0.3, 0.4) is 0 Å². The highest BCUT2D eigenvalue weighted by Gasteiger charge is 2.46. The molecule has 0 radical (unpaired) electrons. The van der Waals surface area contributed by atoms with Gasteiger partial charge in [-0.2, -0.15) is 0 Å². The number of halogens is 1. The Morgan fingerprint density at radius 2 is 1.77 bits per heavy atom. The molecule has 0 aliphatic carbocycles. The highest BCUT2D eigenvalue weighted by molar-refractivity contribution is 6.30. The van der Waals surface area contributed by atoms with Gasteiger partial charge in [-0.05, 0) is 69.2 Å². The van der Waals surface area contributed by atoms with E-state index in [0.717, 1.165) is 11.1 Å². The molecule has 5 nitrogen and oxygen atoms in total. The third-order valence-corrected chi connectivity index (χ3v) is 6.44. The summed E-state index contributed by atoms with van der Waals surface area (Å²) in [5.41, 5.74) is 1.18. The summed E-state index contributed by atoms with van der Waals surface area (Å²) < 4.78 is 12.4. The molecule has 0 atom stereocenters. The van der Waals surface area contributed by atoms with Gasteiger partial charge in [0.05, 0.1) is 12.0 Å². The first-order chi connectivity index (χ1) is 14.6. The molecule has 0 aromatic heterocycles. The van der Waals surface area contributed by atoms with Crippen molar-refractivity contribution in [3.8, 4) is 11.5 Å². The van der Waals surface area contributed by atoms with Gasteiger partial charge in [0.15, 0.2) is 11.4 Å². The largest absolute Gasteiger partial charge is 0.486 e. The molecule has 31 heavy (non-hydrogen) atoms. The van der Waals surface area contributed by atoms with Gasteiger partial charge in [0.1, 0.15) is 17.1 Å². The molecule has 2 aliphatic rings. The summed E-state index contributed by atoms with van der Waals surface area (Å²) in [4.78, 5) is 27.9. The molecule has 4 rings (SSSR count). The van der Waals surface area contributed by atoms with Crippen molar-refractivity contribution >= 4 is 23.3 Å². The zero-order valence-electron chi connectivity index (χ0n) is 18.5. The minimum absolute atomic E-state index is 0.0772. The lowest BCUT2D eigenvalue weighted by molar-refractivity contribution is -0.149. The molecule has 2 aromatic rings. The van der Waals surface area contributed by atoms with Crippen molar-refractivity contribution in [3.63, 3.8) is 0 Å². The number of aryl methyl sites for hydroxylation is 2. The Balaban J connectivity index is 1.45. The van der Waals surface area contributed by atoms with Gasteiger partial charge >= 0.3 is 0 Å². The van der Waals surface area contributed by atoms with Gasteiger partial charge in [0, 0.05) is 31.0 Å². The minimum atomic E-state index is -1.01. The quantitative estimate of drug-likeness (QED) is 0.661. The number of carbonyl (C=O) groups is 2. The van der Waals surface area contributed by atoms with Crippen LogP contribution in [0.15, 0.2) is 36.4 Å². The summed E-state index contributed by atoms with van der Waals surface area (Å²) in [6.07, 6.45) is 1.60. The Morgan fingerprint density at radius 3 is 2.42 bits per heavy atom. The average molecular weight is 442 g/mol. The van der Waals surface area contributed by atoms with Gasteiger partial charge in [-0.25, -0.2) is 0 Å². The highest BCUT2D eigenvalue weighted by atomic mass is 35.5. The van der Waals surface area contributed by atoms with Gasteiger partial charge < -0.3 is 14.4 Å². The van der Waals surface area contributed by atoms with Crippen LogP contribution in [0, 0.1) is 13.8 Å². The number of ketones is 1. The van der Waals surface area contributed by atoms with E-state index in [1.807, 2.05) is 30.9 Å². The van der Waals surface area contributed by atoms with E-state index in [1.165, 1.54) is 0 Å². The summed E-state index contributed by atoms with van der Waals surface area (Å²) in [6, 6.07) is 10.9. The number of benzene rings is 2. The zero-order chi connectivity index (χ0) is 22.4. The fraction of sp³-hybridized carbons (Fsp3) is 0.440. The number of Topliss-reactive ketones (excluding diaryl/α,β-unsaturated/α-hetero) is 1. The van der Waals surface area contributed by atoms with Crippen molar-refractivity contribution in [1.82, 2.24) is 4.90 Å². The molecule has 2 aliphatic heterocycles. The lowest BCUT2D eigenvalue weighted by atomic mass is 9.81. The molecule has 1 spiro atoms. The molecule has 1 amide bonds. The number of piperidine rings is 1. The average Bonchev–Trinajstić information content (AvgIpc) is 2.71. The first-order valence-corrected chi connectivity index (χ1v) is 11.0. The Hall–Kier alpha value is -2.53. The second-order valence-corrected chi connectivity index (χ2v) is 9.64. The number of amides is 1. The molecule has 0 saturated carbocycles. The second-order valence-electron chi connectivity index (χ2n) is 9.20. The van der Waals surface area contributed by atoms with Crippen LogP contribution in [0.4, 0.5) is 0 Å². The van der Waals surface area contributed by atoms with Crippen molar-refractivity contribution < 1.29 is 19.1 Å². The molecule has 164 valence electrons. The van der Waals surface area contributed by atoms with E-state index in [-0.39, 0.29) is 11.7 Å². The SMILES string of the molecule is Cc1cc(C)c2c(c1)C(=O)CC1(CCN(C(=O)C(C)(C)Oc3ccc(Cl)cc3)CC1)O2. The molecule has 2 aromatic carbocycles. The van der Waals surface area contributed by atoms with E-state index in [9.17, 15) is 9.59 Å². The lowest BCUT2D eigenvalue weighted by Crippen LogP contribution is -2.56. The third-order valence-electron chi connectivity index (χ3n) is 6.18. The normalized spacial score (nSPS) is 17.8. The number of fused-ring (bicyclic) bond motifs is 1. The Labute approximate surface area is 188 Å². The standard InChI is InChI=1S/C25H28ClNO4/c1-16-13-17(2)22-20(14-16)21(28)15-25(31-22)9-11-27(12-10-25)23(29)24(3,4)30-19-7-5-18(26)6-8-19/h5-8,13-14H,9-12,15H2,1-4H3. The Bertz CT molecular complexity index is 1020. The van der Waals surface area contributed by atoms with E-state index in [4.69, 9.17) is 21.1 Å². The van der Waals surface area contributed by atoms with Gasteiger partial charge in [-0.15, -0.1) is 0 Å². The number of carbonyl (C=O) groups excluding carboxylic acids is 2. The molecular weight excluding hydrogens is 414 g/mol. The van der Waals surface area contributed by atoms with Crippen molar-refractivity contribution in [2.45, 2.75) is 58.2 Å². The number of hydrogen-bond acceptors (Lipinski definition) is 4. The summed E-state index contributed by atoms with van der Waals surface area (Å²) in [5.74, 6) is 1.35. The number of likely N-dealkylation sites (tertiary alicyclic amines) is 1. The second kappa shape index (κ2) is 7.86. The monoisotopic (exact) mass is 441 g/mol. The topological polar surface area (TPSA) is 55.8 Å². The maximum absolute atomic E-state index is 13.2. The summed E-state index contributed by atoms with van der Waals surface area (Å²) in [6.45, 7) is 8.57. The molecule has 2 heterocycles. The van der Waals surface area contributed by atoms with Crippen LogP contribution in [0.5, 0.6) is 11.5 Å². The fourth-order valence-corrected chi connectivity index (χ4v) is 4.68. The lowest BCUT2D eigenvalue weighted by Gasteiger charge is -2.45. The van der Waals surface area contributed by atoms with Crippen molar-refractivity contribution in [1.29, 1.82) is 0 Å². The van der Waals surface area contributed by atoms with Crippen LogP contribution in [0.1, 0.15) is 54.6 Å². The molecule has 1 fully saturated rings. The number of rotatable bonds is 3. The van der Waals surface area contributed by atoms with E-state index >= 15 is 0 Å². The van der Waals surface area contributed by atoms with E-state index in [2.05, 4.69) is 0 Å². The third kappa shape index (κ3) is 4.29. The first-order valence-electron chi connectivity index (χ1n) is 10.7. The van der Waals surface area contributed by atoms with Crippen LogP contribution in [0.25, 0.3) is 0 Å². The van der Waals surface area contributed by atoms with Gasteiger partial charge in [0.2, 0.25) is 0 Å². The smallest absolute Gasteiger partial charge is 0.266 e. The maximum atomic E-state index is 13.2. The van der Waals surface area contributed by atoms with Crippen molar-refractivity contribution in [2.24, 2.45) is 0 Å². The molecule has 6 heteroatoms. The van der Waals surface area contributed by atoms with Crippen LogP contribution in [-0.2, 0) is 4.79 Å². The van der Waals surface area contributed by atoms with E-state index in [1.54, 1.807) is 38.1 Å². The summed E-state index contributed by atoms with van der Waals surface area (Å²) >= 11 is 5.93. The predicted octanol–water partition coefficient (Wildman–Crippen LogP) is 5.14. The zero-order valence-corrected chi connectivity index (χ0v) is 19.2. The van der Waals surface area contributed by atoms with Crippen LogP contribution in [-0.4, -0.2) is 40.9 Å². The molecule has 0 N–H and O–H groups in total. The summed E-state index contributed by atoms with van der Waals surface area (Å²) in [5, 5.41) is 0.617. The molecule has 0 unspecified atom stereocenters. The fourth-order valence-electron chi connectivity index (χ4n) is 4.56. The van der Waals surface area contributed by atoms with Gasteiger partial charge in [-0.1, -0.05) is 17.7 Å². The number of ether oxygens (including phenoxy) is 2. The van der Waals surface area contributed by atoms with Crippen molar-refractivity contribution in [3.05, 3.63) is 58.1 Å². The van der Waals surface area contributed by atoms with Crippen LogP contribution < -0.4 is 9.47 Å². The van der Waals surface area contributed by atoms with Crippen molar-refractivity contribution in [2.75, 3.05) is 13.1 Å². The number of nitrogens with zero attached hydrogens (tertiary/aromatic N) is 1.